The Bertz CT molecular complexity index is 407. The molecule has 1 rings (SSSR count). The van der Waals surface area contributed by atoms with Gasteiger partial charge in [0.1, 0.15) is 11.2 Å². The van der Waals surface area contributed by atoms with Crippen LogP contribution in [0.5, 0.6) is 0 Å². The van der Waals surface area contributed by atoms with Crippen molar-refractivity contribution in [3.63, 3.8) is 0 Å². The van der Waals surface area contributed by atoms with Crippen molar-refractivity contribution in [3.8, 4) is 0 Å². The first-order valence-corrected chi connectivity index (χ1v) is 5.13. The van der Waals surface area contributed by atoms with E-state index in [2.05, 4.69) is 10.3 Å². The molecule has 0 saturated carbocycles. The fourth-order valence-electron chi connectivity index (χ4n) is 1.13. The molecule has 0 bridgehead atoms. The van der Waals surface area contributed by atoms with Gasteiger partial charge in [-0.1, -0.05) is 23.8 Å². The largest absolute Gasteiger partial charge is 0.319 e. The monoisotopic (exact) mass is 241 g/mol. The van der Waals surface area contributed by atoms with Crippen LogP contribution in [0.1, 0.15) is 12.0 Å². The van der Waals surface area contributed by atoms with Crippen LogP contribution < -0.4 is 5.32 Å². The molecule has 0 atom stereocenters. The summed E-state index contributed by atoms with van der Waals surface area (Å²) in [5.41, 5.74) is 0.393. The number of aromatic nitrogens is 1. The standard InChI is InChI=1S/C10H12ClN3O2/c1-12-5-3-2-4-8-6-13-7-9(10(8)11)14(15)16/h2,4,6-7,12H,3,5H2,1H3. The molecule has 1 aromatic rings. The van der Waals surface area contributed by atoms with Gasteiger partial charge in [-0.25, -0.2) is 0 Å². The molecule has 86 valence electrons. The summed E-state index contributed by atoms with van der Waals surface area (Å²) in [6, 6.07) is 0. The number of rotatable bonds is 5. The number of pyridine rings is 1. The van der Waals surface area contributed by atoms with E-state index in [4.69, 9.17) is 11.6 Å². The molecule has 0 aliphatic heterocycles. The second-order valence-electron chi connectivity index (χ2n) is 3.11. The summed E-state index contributed by atoms with van der Waals surface area (Å²) in [5.74, 6) is 0. The fraction of sp³-hybridized carbons (Fsp3) is 0.300. The molecule has 0 aliphatic carbocycles. The fourth-order valence-corrected chi connectivity index (χ4v) is 1.36. The lowest BCUT2D eigenvalue weighted by Crippen LogP contribution is -2.05. The zero-order chi connectivity index (χ0) is 12.0. The minimum Gasteiger partial charge on any atom is -0.319 e. The third-order valence-corrected chi connectivity index (χ3v) is 2.36. The maximum absolute atomic E-state index is 10.6. The highest BCUT2D eigenvalue weighted by Gasteiger charge is 2.14. The second kappa shape index (κ2) is 6.19. The lowest BCUT2D eigenvalue weighted by Gasteiger charge is -1.98. The van der Waals surface area contributed by atoms with E-state index in [1.807, 2.05) is 13.1 Å². The maximum Gasteiger partial charge on any atom is 0.306 e. The predicted molar refractivity (Wildman–Crippen MR) is 63.5 cm³/mol. The van der Waals surface area contributed by atoms with Crippen molar-refractivity contribution in [1.82, 2.24) is 10.3 Å². The predicted octanol–water partition coefficient (Wildman–Crippen LogP) is 2.27. The molecule has 0 aromatic carbocycles. The molecular formula is C10H12ClN3O2. The van der Waals surface area contributed by atoms with Crippen molar-refractivity contribution < 1.29 is 4.92 Å². The van der Waals surface area contributed by atoms with Gasteiger partial charge < -0.3 is 5.32 Å². The summed E-state index contributed by atoms with van der Waals surface area (Å²) in [5, 5.41) is 13.7. The lowest BCUT2D eigenvalue weighted by atomic mass is 10.2. The highest BCUT2D eigenvalue weighted by atomic mass is 35.5. The molecule has 6 heteroatoms. The molecule has 0 amide bonds. The second-order valence-corrected chi connectivity index (χ2v) is 3.49. The van der Waals surface area contributed by atoms with Gasteiger partial charge in [0.15, 0.2) is 0 Å². The van der Waals surface area contributed by atoms with Gasteiger partial charge >= 0.3 is 5.69 Å². The molecule has 0 saturated heterocycles. The number of nitrogens with one attached hydrogen (secondary N) is 1. The molecular weight excluding hydrogens is 230 g/mol. The SMILES string of the molecule is CNCCC=Cc1cncc([N+](=O)[O-])c1Cl. The average Bonchev–Trinajstić information content (AvgIpc) is 2.26. The first-order valence-electron chi connectivity index (χ1n) is 4.76. The Labute approximate surface area is 98.3 Å². The van der Waals surface area contributed by atoms with Gasteiger partial charge in [0.25, 0.3) is 0 Å². The van der Waals surface area contributed by atoms with E-state index in [9.17, 15) is 10.1 Å². The van der Waals surface area contributed by atoms with E-state index in [-0.39, 0.29) is 10.7 Å². The molecule has 16 heavy (non-hydrogen) atoms. The average molecular weight is 242 g/mol. The first kappa shape index (κ1) is 12.6. The smallest absolute Gasteiger partial charge is 0.306 e. The number of hydrogen-bond acceptors (Lipinski definition) is 4. The molecule has 0 aliphatic rings. The quantitative estimate of drug-likeness (QED) is 0.488. The Morgan fingerprint density at radius 1 is 1.62 bits per heavy atom. The van der Waals surface area contributed by atoms with Gasteiger partial charge in [-0.2, -0.15) is 0 Å². The van der Waals surface area contributed by atoms with Crippen molar-refractivity contribution in [1.29, 1.82) is 0 Å². The van der Waals surface area contributed by atoms with Crippen molar-refractivity contribution in [3.05, 3.63) is 39.2 Å². The van der Waals surface area contributed by atoms with Crippen LogP contribution >= 0.6 is 11.6 Å². The highest BCUT2D eigenvalue weighted by molar-refractivity contribution is 6.34. The van der Waals surface area contributed by atoms with Gasteiger partial charge in [0.2, 0.25) is 0 Å². The first-order chi connectivity index (χ1) is 7.66. The zero-order valence-corrected chi connectivity index (χ0v) is 9.57. The molecule has 0 spiro atoms. The summed E-state index contributed by atoms with van der Waals surface area (Å²) in [4.78, 5) is 13.8. The van der Waals surface area contributed by atoms with E-state index in [1.165, 1.54) is 6.20 Å². The van der Waals surface area contributed by atoms with E-state index < -0.39 is 4.92 Å². The maximum atomic E-state index is 10.6. The number of halogens is 1. The normalized spacial score (nSPS) is 10.9. The van der Waals surface area contributed by atoms with E-state index in [0.29, 0.717) is 5.56 Å². The van der Waals surface area contributed by atoms with Gasteiger partial charge in [-0.3, -0.25) is 15.1 Å². The Hall–Kier alpha value is -1.46. The van der Waals surface area contributed by atoms with Crippen LogP contribution in [-0.2, 0) is 0 Å². The zero-order valence-electron chi connectivity index (χ0n) is 8.81. The molecule has 5 nitrogen and oxygen atoms in total. The molecule has 0 radical (unpaired) electrons. The van der Waals surface area contributed by atoms with Crippen LogP contribution in [0, 0.1) is 10.1 Å². The van der Waals surface area contributed by atoms with Crippen molar-refractivity contribution in [2.45, 2.75) is 6.42 Å². The number of hydrogen-bond donors (Lipinski definition) is 1. The minimum absolute atomic E-state index is 0.126. The number of nitro groups is 1. The summed E-state index contributed by atoms with van der Waals surface area (Å²) in [6.45, 7) is 0.844. The molecule has 0 fully saturated rings. The molecule has 1 aromatic heterocycles. The van der Waals surface area contributed by atoms with Crippen LogP contribution in [-0.4, -0.2) is 23.5 Å². The van der Waals surface area contributed by atoms with Crippen LogP contribution in [0.15, 0.2) is 18.5 Å². The third-order valence-electron chi connectivity index (χ3n) is 1.94. The van der Waals surface area contributed by atoms with Gasteiger partial charge in [-0.05, 0) is 20.0 Å². The molecule has 0 unspecified atom stereocenters. The van der Waals surface area contributed by atoms with Crippen molar-refractivity contribution in [2.24, 2.45) is 0 Å². The van der Waals surface area contributed by atoms with Gasteiger partial charge in [0.05, 0.1) is 4.92 Å². The Kier molecular flexibility index (Phi) is 4.88. The van der Waals surface area contributed by atoms with E-state index in [1.54, 1.807) is 6.08 Å². The summed E-state index contributed by atoms with van der Waals surface area (Å²) in [7, 11) is 1.86. The van der Waals surface area contributed by atoms with Gasteiger partial charge in [-0.15, -0.1) is 0 Å². The third kappa shape index (κ3) is 3.29. The van der Waals surface area contributed by atoms with Crippen LogP contribution in [0.2, 0.25) is 5.02 Å². The van der Waals surface area contributed by atoms with Gasteiger partial charge in [0, 0.05) is 11.8 Å². The highest BCUT2D eigenvalue weighted by Crippen LogP contribution is 2.27. The van der Waals surface area contributed by atoms with Crippen molar-refractivity contribution in [2.75, 3.05) is 13.6 Å². The Morgan fingerprint density at radius 2 is 2.38 bits per heavy atom. The number of nitrogens with zero attached hydrogens (tertiary/aromatic N) is 2. The molecule has 1 N–H and O–H groups in total. The van der Waals surface area contributed by atoms with Crippen molar-refractivity contribution >= 4 is 23.4 Å². The van der Waals surface area contributed by atoms with E-state index >= 15 is 0 Å². The topological polar surface area (TPSA) is 68.1 Å². The van der Waals surface area contributed by atoms with Crippen LogP contribution in [0.4, 0.5) is 5.69 Å². The minimum atomic E-state index is -0.541. The van der Waals surface area contributed by atoms with Crippen LogP contribution in [0.3, 0.4) is 0 Å². The summed E-state index contributed by atoms with van der Waals surface area (Å²) >= 11 is 5.87. The summed E-state index contributed by atoms with van der Waals surface area (Å²) < 4.78 is 0. The molecule has 1 heterocycles. The van der Waals surface area contributed by atoms with Crippen LogP contribution in [0.25, 0.3) is 6.08 Å². The lowest BCUT2D eigenvalue weighted by molar-refractivity contribution is -0.385. The van der Waals surface area contributed by atoms with E-state index in [0.717, 1.165) is 19.2 Å². The summed E-state index contributed by atoms with van der Waals surface area (Å²) in [6.07, 6.45) is 7.11. The Morgan fingerprint density at radius 3 is 3.00 bits per heavy atom. The Balaban J connectivity index is 2.85.